The van der Waals surface area contributed by atoms with Crippen LogP contribution in [0.2, 0.25) is 0 Å². The third-order valence-electron chi connectivity index (χ3n) is 5.72. The van der Waals surface area contributed by atoms with Gasteiger partial charge in [0.05, 0.1) is 12.9 Å². The van der Waals surface area contributed by atoms with Crippen LogP contribution in [0.4, 0.5) is 0 Å². The van der Waals surface area contributed by atoms with Gasteiger partial charge in [-0.1, -0.05) is 0 Å². The van der Waals surface area contributed by atoms with Gasteiger partial charge in [0.1, 0.15) is 0 Å². The number of rotatable bonds is 5. The molecule has 6 nitrogen and oxygen atoms in total. The Labute approximate surface area is 150 Å². The summed E-state index contributed by atoms with van der Waals surface area (Å²) in [6.07, 6.45) is 5.21. The predicted molar refractivity (Wildman–Crippen MR) is 99.0 cm³/mol. The van der Waals surface area contributed by atoms with E-state index in [1.807, 2.05) is 13.8 Å². The molecule has 0 spiro atoms. The molecule has 0 bridgehead atoms. The predicted octanol–water partition coefficient (Wildman–Crippen LogP) is 1.29. The van der Waals surface area contributed by atoms with E-state index in [1.54, 1.807) is 10.9 Å². The monoisotopic (exact) mass is 348 g/mol. The molecule has 140 valence electrons. The molecule has 1 aromatic rings. The molecule has 2 aliphatic rings. The van der Waals surface area contributed by atoms with Crippen LogP contribution in [-0.2, 0) is 11.3 Å². The highest BCUT2D eigenvalue weighted by molar-refractivity contribution is 5.12. The largest absolute Gasteiger partial charge is 0.380 e. The van der Waals surface area contributed by atoms with E-state index in [2.05, 4.69) is 14.8 Å². The minimum atomic E-state index is 0.123. The molecule has 3 heterocycles. The lowest BCUT2D eigenvalue weighted by Gasteiger charge is -2.33. The second-order valence-corrected chi connectivity index (χ2v) is 7.51. The Balaban J connectivity index is 1.43. The van der Waals surface area contributed by atoms with E-state index in [9.17, 15) is 4.79 Å². The van der Waals surface area contributed by atoms with E-state index in [4.69, 9.17) is 4.74 Å². The van der Waals surface area contributed by atoms with Gasteiger partial charge in [0.25, 0.3) is 5.56 Å². The van der Waals surface area contributed by atoms with E-state index in [0.717, 1.165) is 70.2 Å². The lowest BCUT2D eigenvalue weighted by molar-refractivity contribution is 0.129. The molecule has 0 N–H and O–H groups in total. The van der Waals surface area contributed by atoms with E-state index in [0.29, 0.717) is 5.92 Å². The Morgan fingerprint density at radius 2 is 1.80 bits per heavy atom. The molecule has 2 fully saturated rings. The summed E-state index contributed by atoms with van der Waals surface area (Å²) in [5, 5.41) is 0. The molecule has 0 aliphatic carbocycles. The Kier molecular flexibility index (Phi) is 6.62. The lowest BCUT2D eigenvalue weighted by Crippen LogP contribution is -2.41. The van der Waals surface area contributed by atoms with Gasteiger partial charge in [-0.15, -0.1) is 0 Å². The van der Waals surface area contributed by atoms with Crippen molar-refractivity contribution in [3.63, 3.8) is 0 Å². The second-order valence-electron chi connectivity index (χ2n) is 7.51. The normalized spacial score (nSPS) is 21.4. The van der Waals surface area contributed by atoms with Crippen LogP contribution in [0.25, 0.3) is 0 Å². The molecule has 6 heteroatoms. The fourth-order valence-corrected chi connectivity index (χ4v) is 3.78. The van der Waals surface area contributed by atoms with Gasteiger partial charge < -0.3 is 9.64 Å². The maximum Gasteiger partial charge on any atom is 0.256 e. The second kappa shape index (κ2) is 8.92. The number of ether oxygens (including phenoxy) is 1. The van der Waals surface area contributed by atoms with E-state index in [1.165, 1.54) is 19.4 Å². The third kappa shape index (κ3) is 5.12. The van der Waals surface area contributed by atoms with Crippen LogP contribution in [0.15, 0.2) is 11.1 Å². The van der Waals surface area contributed by atoms with Crippen molar-refractivity contribution in [2.24, 2.45) is 5.92 Å². The number of piperidine rings is 1. The number of nitrogens with zero attached hydrogens (tertiary/aromatic N) is 4. The SMILES string of the molecule is Cc1ncn(CC2CCN(CCN3CCCOCC3)CC2)c(=O)c1C. The highest BCUT2D eigenvalue weighted by Crippen LogP contribution is 2.18. The van der Waals surface area contributed by atoms with Crippen molar-refractivity contribution in [2.45, 2.75) is 39.7 Å². The number of hydrogen-bond donors (Lipinski definition) is 0. The summed E-state index contributed by atoms with van der Waals surface area (Å²) >= 11 is 0. The molecule has 0 unspecified atom stereocenters. The van der Waals surface area contributed by atoms with E-state index >= 15 is 0 Å². The van der Waals surface area contributed by atoms with Crippen molar-refractivity contribution in [2.75, 3.05) is 52.5 Å². The number of aromatic nitrogens is 2. The van der Waals surface area contributed by atoms with Crippen LogP contribution in [-0.4, -0.2) is 71.8 Å². The van der Waals surface area contributed by atoms with Crippen molar-refractivity contribution in [1.82, 2.24) is 19.4 Å². The quantitative estimate of drug-likeness (QED) is 0.803. The van der Waals surface area contributed by atoms with Gasteiger partial charge in [-0.05, 0) is 52.1 Å². The molecule has 2 saturated heterocycles. The molecular formula is C19H32N4O2. The van der Waals surface area contributed by atoms with Gasteiger partial charge >= 0.3 is 0 Å². The van der Waals surface area contributed by atoms with E-state index < -0.39 is 0 Å². The van der Waals surface area contributed by atoms with Gasteiger partial charge in [-0.2, -0.15) is 0 Å². The topological polar surface area (TPSA) is 50.6 Å². The minimum absolute atomic E-state index is 0.123. The summed E-state index contributed by atoms with van der Waals surface area (Å²) in [7, 11) is 0. The molecular weight excluding hydrogens is 316 g/mol. The zero-order valence-electron chi connectivity index (χ0n) is 15.7. The van der Waals surface area contributed by atoms with Crippen LogP contribution >= 0.6 is 0 Å². The molecule has 0 amide bonds. The Morgan fingerprint density at radius 1 is 1.08 bits per heavy atom. The first-order valence-corrected chi connectivity index (χ1v) is 9.68. The maximum atomic E-state index is 12.3. The van der Waals surface area contributed by atoms with Crippen LogP contribution in [0, 0.1) is 19.8 Å². The first-order chi connectivity index (χ1) is 12.1. The average molecular weight is 348 g/mol. The highest BCUT2D eigenvalue weighted by atomic mass is 16.5. The standard InChI is InChI=1S/C19H32N4O2/c1-16-17(2)20-15-23(19(16)24)14-18-4-7-22(8-5-18)10-9-21-6-3-12-25-13-11-21/h15,18H,3-14H2,1-2H3. The van der Waals surface area contributed by atoms with Crippen molar-refractivity contribution in [3.05, 3.63) is 27.9 Å². The van der Waals surface area contributed by atoms with Crippen LogP contribution in [0.1, 0.15) is 30.5 Å². The van der Waals surface area contributed by atoms with Gasteiger partial charge in [0, 0.05) is 50.6 Å². The molecule has 0 radical (unpaired) electrons. The summed E-state index contributed by atoms with van der Waals surface area (Å²) in [5.41, 5.74) is 1.75. The van der Waals surface area contributed by atoms with Crippen LogP contribution in [0.3, 0.4) is 0 Å². The Hall–Kier alpha value is -1.24. The van der Waals surface area contributed by atoms with Crippen molar-refractivity contribution >= 4 is 0 Å². The summed E-state index contributed by atoms with van der Waals surface area (Å²) in [6.45, 7) is 13.2. The number of hydrogen-bond acceptors (Lipinski definition) is 5. The summed E-state index contributed by atoms with van der Waals surface area (Å²) < 4.78 is 7.33. The molecule has 0 atom stereocenters. The van der Waals surface area contributed by atoms with E-state index in [-0.39, 0.29) is 5.56 Å². The van der Waals surface area contributed by atoms with Crippen molar-refractivity contribution in [3.8, 4) is 0 Å². The number of likely N-dealkylation sites (tertiary alicyclic amines) is 1. The maximum absolute atomic E-state index is 12.3. The molecule has 1 aromatic heterocycles. The Morgan fingerprint density at radius 3 is 2.56 bits per heavy atom. The summed E-state index contributed by atoms with van der Waals surface area (Å²) in [4.78, 5) is 21.8. The fourth-order valence-electron chi connectivity index (χ4n) is 3.78. The average Bonchev–Trinajstić information content (AvgIpc) is 2.90. The van der Waals surface area contributed by atoms with Gasteiger partial charge in [0.2, 0.25) is 0 Å². The van der Waals surface area contributed by atoms with Gasteiger partial charge in [0.15, 0.2) is 0 Å². The van der Waals surface area contributed by atoms with Crippen LogP contribution in [0.5, 0.6) is 0 Å². The smallest absolute Gasteiger partial charge is 0.256 e. The molecule has 3 rings (SSSR count). The molecule has 0 aromatic carbocycles. The third-order valence-corrected chi connectivity index (χ3v) is 5.72. The summed E-state index contributed by atoms with van der Waals surface area (Å²) in [6, 6.07) is 0. The molecule has 25 heavy (non-hydrogen) atoms. The van der Waals surface area contributed by atoms with Gasteiger partial charge in [-0.25, -0.2) is 4.98 Å². The van der Waals surface area contributed by atoms with Crippen molar-refractivity contribution < 1.29 is 4.74 Å². The van der Waals surface area contributed by atoms with Gasteiger partial charge in [-0.3, -0.25) is 14.3 Å². The molecule has 2 aliphatic heterocycles. The summed E-state index contributed by atoms with van der Waals surface area (Å²) in [5.74, 6) is 0.587. The first-order valence-electron chi connectivity index (χ1n) is 9.68. The highest BCUT2D eigenvalue weighted by Gasteiger charge is 2.21. The zero-order chi connectivity index (χ0) is 17.6. The van der Waals surface area contributed by atoms with Crippen LogP contribution < -0.4 is 5.56 Å². The first kappa shape index (κ1) is 18.5. The molecule has 0 saturated carbocycles. The zero-order valence-corrected chi connectivity index (χ0v) is 15.7. The lowest BCUT2D eigenvalue weighted by atomic mass is 9.96. The Bertz CT molecular complexity index is 600. The minimum Gasteiger partial charge on any atom is -0.380 e. The fraction of sp³-hybridized carbons (Fsp3) is 0.789. The number of aryl methyl sites for hydroxylation is 1. The van der Waals surface area contributed by atoms with Crippen molar-refractivity contribution in [1.29, 1.82) is 0 Å².